The Bertz CT molecular complexity index is 832. The number of allylic oxidation sites excluding steroid dienone is 1. The highest BCUT2D eigenvalue weighted by molar-refractivity contribution is 5.66. The minimum atomic E-state index is -0.131. The monoisotopic (exact) mass is 423 g/mol. The Morgan fingerprint density at radius 3 is 1.94 bits per heavy atom. The van der Waals surface area contributed by atoms with Gasteiger partial charge in [-0.05, 0) is 111 Å². The second-order valence-electron chi connectivity index (χ2n) is 7.72. The van der Waals surface area contributed by atoms with E-state index in [1.165, 1.54) is 44.2 Å². The van der Waals surface area contributed by atoms with Crippen LogP contribution in [0.5, 0.6) is 0 Å². The summed E-state index contributed by atoms with van der Waals surface area (Å²) < 4.78 is 13.0. The topological polar surface area (TPSA) is 12.0 Å². The fourth-order valence-electron chi connectivity index (χ4n) is 4.41. The lowest BCUT2D eigenvalue weighted by atomic mass is 9.99. The van der Waals surface area contributed by atoms with E-state index in [2.05, 4.69) is 31.5 Å². The molecule has 0 aliphatic heterocycles. The van der Waals surface area contributed by atoms with Gasteiger partial charge in [0.05, 0.1) is 0 Å². The Morgan fingerprint density at radius 1 is 0.903 bits per heavy atom. The Balaban J connectivity index is 0.000000273. The van der Waals surface area contributed by atoms with Gasteiger partial charge < -0.3 is 5.32 Å². The molecule has 1 N–H and O–H groups in total. The van der Waals surface area contributed by atoms with Crippen LogP contribution < -0.4 is 5.32 Å². The summed E-state index contributed by atoms with van der Waals surface area (Å²) in [6.45, 7) is 19.0. The second kappa shape index (κ2) is 13.9. The van der Waals surface area contributed by atoms with Crippen LogP contribution in [0.15, 0.2) is 37.4 Å². The van der Waals surface area contributed by atoms with Gasteiger partial charge in [0.15, 0.2) is 0 Å². The van der Waals surface area contributed by atoms with Crippen molar-refractivity contribution >= 4 is 11.8 Å². The second-order valence-corrected chi connectivity index (χ2v) is 7.72. The Morgan fingerprint density at radius 2 is 1.45 bits per heavy atom. The minimum absolute atomic E-state index is 0.131. The normalized spacial score (nSPS) is 13.1. The van der Waals surface area contributed by atoms with Crippen molar-refractivity contribution in [3.05, 3.63) is 82.2 Å². The predicted molar refractivity (Wildman–Crippen MR) is 138 cm³/mol. The van der Waals surface area contributed by atoms with Gasteiger partial charge in [0.1, 0.15) is 5.82 Å². The van der Waals surface area contributed by atoms with Crippen LogP contribution in [0.3, 0.4) is 0 Å². The Hall–Kier alpha value is -2.35. The lowest BCUT2D eigenvalue weighted by Gasteiger charge is -2.15. The molecule has 2 aliphatic carbocycles. The molecule has 0 aromatic heterocycles. The SMILES string of the molecule is C/C=C\c1cc(F)c(C)cc1C.C=C.CC.CCNc1c2c(cc3c1CCC3)CCC2. The van der Waals surface area contributed by atoms with Crippen molar-refractivity contribution in [1.82, 2.24) is 0 Å². The van der Waals surface area contributed by atoms with Crippen LogP contribution in [0, 0.1) is 19.7 Å². The average molecular weight is 424 g/mol. The van der Waals surface area contributed by atoms with Crippen LogP contribution in [-0.2, 0) is 25.7 Å². The van der Waals surface area contributed by atoms with Gasteiger partial charge in [-0.3, -0.25) is 0 Å². The number of anilines is 1. The van der Waals surface area contributed by atoms with Crippen molar-refractivity contribution in [2.24, 2.45) is 0 Å². The van der Waals surface area contributed by atoms with Crippen LogP contribution in [0.4, 0.5) is 10.1 Å². The van der Waals surface area contributed by atoms with E-state index < -0.39 is 0 Å². The van der Waals surface area contributed by atoms with E-state index in [0.717, 1.165) is 17.7 Å². The average Bonchev–Trinajstić information content (AvgIpc) is 3.45. The summed E-state index contributed by atoms with van der Waals surface area (Å²) in [5.74, 6) is -0.131. The molecule has 0 heterocycles. The molecule has 0 saturated heterocycles. The zero-order chi connectivity index (χ0) is 23.4. The van der Waals surface area contributed by atoms with Gasteiger partial charge in [0, 0.05) is 12.2 Å². The number of fused-ring (bicyclic) bond motifs is 2. The summed E-state index contributed by atoms with van der Waals surface area (Å²) >= 11 is 0. The molecular formula is C29H42FN. The number of hydrogen-bond donors (Lipinski definition) is 1. The summed E-state index contributed by atoms with van der Waals surface area (Å²) in [4.78, 5) is 0. The third-order valence-corrected chi connectivity index (χ3v) is 5.72. The molecule has 0 atom stereocenters. The van der Waals surface area contributed by atoms with Crippen molar-refractivity contribution in [1.29, 1.82) is 0 Å². The van der Waals surface area contributed by atoms with Crippen molar-refractivity contribution < 1.29 is 4.39 Å². The number of aryl methyl sites for hydroxylation is 4. The van der Waals surface area contributed by atoms with Gasteiger partial charge in [-0.15, -0.1) is 13.2 Å². The maximum atomic E-state index is 13.0. The van der Waals surface area contributed by atoms with E-state index >= 15 is 0 Å². The highest BCUT2D eigenvalue weighted by atomic mass is 19.1. The molecule has 4 rings (SSSR count). The highest BCUT2D eigenvalue weighted by Gasteiger charge is 2.23. The molecular weight excluding hydrogens is 381 g/mol. The maximum absolute atomic E-state index is 13.0. The zero-order valence-corrected chi connectivity index (χ0v) is 20.6. The minimum Gasteiger partial charge on any atom is -0.385 e. The molecule has 0 amide bonds. The van der Waals surface area contributed by atoms with Crippen LogP contribution in [0.2, 0.25) is 0 Å². The fourth-order valence-corrected chi connectivity index (χ4v) is 4.41. The summed E-state index contributed by atoms with van der Waals surface area (Å²) in [6.07, 6.45) is 11.8. The van der Waals surface area contributed by atoms with Crippen molar-refractivity contribution in [3.8, 4) is 0 Å². The lowest BCUT2D eigenvalue weighted by molar-refractivity contribution is 0.617. The van der Waals surface area contributed by atoms with Crippen LogP contribution in [0.25, 0.3) is 6.08 Å². The summed E-state index contributed by atoms with van der Waals surface area (Å²) in [5.41, 5.74) is 10.8. The fraction of sp³-hybridized carbons (Fsp3) is 0.448. The van der Waals surface area contributed by atoms with Gasteiger partial charge in [-0.1, -0.05) is 38.1 Å². The molecule has 2 heteroatoms. The van der Waals surface area contributed by atoms with Gasteiger partial charge >= 0.3 is 0 Å². The number of halogens is 1. The smallest absolute Gasteiger partial charge is 0.126 e. The molecule has 0 spiro atoms. The Kier molecular flexibility index (Phi) is 11.9. The molecule has 0 saturated carbocycles. The summed E-state index contributed by atoms with van der Waals surface area (Å²) in [7, 11) is 0. The third kappa shape index (κ3) is 6.82. The van der Waals surface area contributed by atoms with E-state index in [1.54, 1.807) is 35.2 Å². The van der Waals surface area contributed by atoms with Crippen LogP contribution >= 0.6 is 0 Å². The van der Waals surface area contributed by atoms with Crippen LogP contribution in [0.1, 0.15) is 79.5 Å². The molecule has 0 bridgehead atoms. The van der Waals surface area contributed by atoms with E-state index in [0.29, 0.717) is 5.56 Å². The molecule has 2 aliphatic rings. The van der Waals surface area contributed by atoms with E-state index in [1.807, 2.05) is 45.9 Å². The standard InChI is InChI=1S/C14H19N.C11H13F.C2H6.C2H4/c1-2-15-14-12-7-3-5-10(12)9-11-6-4-8-13(11)14;1-4-5-10-7-11(12)9(3)6-8(10)2;2*1-2/h9,15H,2-8H2,1H3;4-7H,1-3H3;1-2H3;1-2H2/b;5-4-;;. The number of benzene rings is 2. The quantitative estimate of drug-likeness (QED) is 0.489. The molecule has 2 aromatic carbocycles. The molecule has 2 aromatic rings. The van der Waals surface area contributed by atoms with Gasteiger partial charge in [-0.2, -0.15) is 0 Å². The number of rotatable bonds is 3. The van der Waals surface area contributed by atoms with E-state index in [-0.39, 0.29) is 5.82 Å². The van der Waals surface area contributed by atoms with Crippen LogP contribution in [-0.4, -0.2) is 6.54 Å². The lowest BCUT2D eigenvalue weighted by Crippen LogP contribution is -2.05. The highest BCUT2D eigenvalue weighted by Crippen LogP contribution is 2.38. The van der Waals surface area contributed by atoms with E-state index in [9.17, 15) is 4.39 Å². The molecule has 0 unspecified atom stereocenters. The first-order valence-electron chi connectivity index (χ1n) is 11.8. The molecule has 31 heavy (non-hydrogen) atoms. The zero-order valence-electron chi connectivity index (χ0n) is 20.6. The number of nitrogens with one attached hydrogen (secondary N) is 1. The van der Waals surface area contributed by atoms with Crippen molar-refractivity contribution in [3.63, 3.8) is 0 Å². The van der Waals surface area contributed by atoms with Gasteiger partial charge in [0.2, 0.25) is 0 Å². The van der Waals surface area contributed by atoms with Crippen molar-refractivity contribution in [2.45, 2.75) is 80.1 Å². The first kappa shape index (κ1) is 26.7. The largest absolute Gasteiger partial charge is 0.385 e. The summed E-state index contributed by atoms with van der Waals surface area (Å²) in [6, 6.07) is 5.93. The Labute approximate surface area is 190 Å². The third-order valence-electron chi connectivity index (χ3n) is 5.72. The van der Waals surface area contributed by atoms with Crippen molar-refractivity contribution in [2.75, 3.05) is 11.9 Å². The molecule has 0 radical (unpaired) electrons. The molecule has 0 fully saturated rings. The maximum Gasteiger partial charge on any atom is 0.126 e. The van der Waals surface area contributed by atoms with Gasteiger partial charge in [0.25, 0.3) is 0 Å². The molecule has 170 valence electrons. The van der Waals surface area contributed by atoms with Gasteiger partial charge in [-0.25, -0.2) is 4.39 Å². The molecule has 1 nitrogen and oxygen atoms in total. The first-order chi connectivity index (χ1) is 15.0. The number of hydrogen-bond acceptors (Lipinski definition) is 1. The van der Waals surface area contributed by atoms with E-state index in [4.69, 9.17) is 0 Å². The summed E-state index contributed by atoms with van der Waals surface area (Å²) in [5, 5.41) is 3.61. The predicted octanol–water partition coefficient (Wildman–Crippen LogP) is 8.40. The first-order valence-corrected chi connectivity index (χ1v) is 11.8.